The lowest BCUT2D eigenvalue weighted by Crippen LogP contribution is -2.75. The van der Waals surface area contributed by atoms with E-state index in [9.17, 15) is 150 Å². The van der Waals surface area contributed by atoms with Crippen molar-refractivity contribution in [1.29, 1.82) is 0 Å². The van der Waals surface area contributed by atoms with Crippen molar-refractivity contribution in [3.63, 3.8) is 0 Å². The fraction of sp³-hybridized carbons (Fsp3) is 0.920. The number of hydrogen-bond donors (Lipinski definition) is 2. The summed E-state index contributed by atoms with van der Waals surface area (Å²) in [5.74, 6) is -125. The van der Waals surface area contributed by atoms with E-state index in [1.165, 1.54) is 0 Å². The van der Waals surface area contributed by atoms with Crippen molar-refractivity contribution in [1.82, 2.24) is 10.6 Å². The summed E-state index contributed by atoms with van der Waals surface area (Å²) in [6.07, 6.45) is -3.75. The Kier molecular flexibility index (Phi) is 16.4. The molecule has 2 N–H and O–H groups in total. The maximum Gasteiger partial charge on any atom is 0.393 e. The molecule has 0 rings (SSSR count). The first-order valence-corrected chi connectivity index (χ1v) is 15.8. The molecule has 0 saturated carbocycles. The zero-order valence-electron chi connectivity index (χ0n) is 28.6. The standard InChI is InChI=1S/C25H16Cl2F32N2O2/c26-24(56,57)22(52,53)20(48,49)18(44,45)16(40,41)14(36,37)12(32,33)10(28,29)8(62)60-6-4-2-1-3-5-7-61-9(63)11(30,31)13(34,35)15(38,39)17(42,43)19(46,47)21(50,51)23(54,55)25(27,58)59/h1-7H2,(H,60,62)(H,61,63). The monoisotopic (exact) mass is 1050 g/mol. The first-order chi connectivity index (χ1) is 27.0. The zero-order chi connectivity index (χ0) is 51.5. The van der Waals surface area contributed by atoms with E-state index in [-0.39, 0.29) is 0 Å². The van der Waals surface area contributed by atoms with Gasteiger partial charge in [0.15, 0.2) is 0 Å². The van der Waals surface area contributed by atoms with Gasteiger partial charge in [0.05, 0.1) is 0 Å². The molecule has 0 bridgehead atoms. The van der Waals surface area contributed by atoms with Crippen molar-refractivity contribution < 1.29 is 150 Å². The second kappa shape index (κ2) is 17.2. The van der Waals surface area contributed by atoms with Gasteiger partial charge in [-0.1, -0.05) is 19.3 Å². The number of carbonyl (C=O) groups is 2. The van der Waals surface area contributed by atoms with E-state index in [1.54, 1.807) is 0 Å². The molecule has 0 aliphatic heterocycles. The fourth-order valence-electron chi connectivity index (χ4n) is 4.02. The van der Waals surface area contributed by atoms with Crippen molar-refractivity contribution in [2.75, 3.05) is 13.1 Å². The number of halogens is 34. The Labute approximate surface area is 335 Å². The van der Waals surface area contributed by atoms with E-state index in [0.717, 1.165) is 0 Å². The minimum Gasteiger partial charge on any atom is -0.351 e. The van der Waals surface area contributed by atoms with Crippen LogP contribution in [0.3, 0.4) is 0 Å². The quantitative estimate of drug-likeness (QED) is 0.0575. The van der Waals surface area contributed by atoms with Crippen LogP contribution in [0.25, 0.3) is 0 Å². The molecule has 0 heterocycles. The van der Waals surface area contributed by atoms with E-state index >= 15 is 0 Å². The first-order valence-electron chi connectivity index (χ1n) is 15.0. The highest BCUT2D eigenvalue weighted by Crippen LogP contribution is 2.66. The van der Waals surface area contributed by atoms with Gasteiger partial charge in [-0.2, -0.15) is 140 Å². The molecule has 0 spiro atoms. The minimum absolute atomic E-state index is 0.557. The number of hydrogen-bond acceptors (Lipinski definition) is 2. The summed E-state index contributed by atoms with van der Waals surface area (Å²) in [6, 6.07) is 0. The van der Waals surface area contributed by atoms with Gasteiger partial charge >= 0.3 is 93.7 Å². The molecule has 38 heteroatoms. The highest BCUT2D eigenvalue weighted by atomic mass is 35.5. The number of nitrogens with one attached hydrogen (secondary N) is 2. The lowest BCUT2D eigenvalue weighted by atomic mass is 9.89. The van der Waals surface area contributed by atoms with Gasteiger partial charge in [0.1, 0.15) is 0 Å². The molecule has 0 unspecified atom stereocenters. The summed E-state index contributed by atoms with van der Waals surface area (Å²) in [7, 11) is 0. The average molecular weight is 1060 g/mol. The van der Waals surface area contributed by atoms with Crippen molar-refractivity contribution in [3.05, 3.63) is 0 Å². The normalized spacial score (nSPS) is 16.0. The molecule has 0 saturated heterocycles. The molecule has 63 heavy (non-hydrogen) atoms. The smallest absolute Gasteiger partial charge is 0.351 e. The second-order valence-corrected chi connectivity index (χ2v) is 13.3. The Balaban J connectivity index is 5.65. The summed E-state index contributed by atoms with van der Waals surface area (Å²) in [4.78, 5) is 22.9. The van der Waals surface area contributed by atoms with Crippen LogP contribution in [0.15, 0.2) is 0 Å². The van der Waals surface area contributed by atoms with Gasteiger partial charge in [-0.3, -0.25) is 9.59 Å². The second-order valence-electron chi connectivity index (χ2n) is 12.3. The maximum atomic E-state index is 13.9. The van der Waals surface area contributed by atoms with Crippen LogP contribution in [-0.4, -0.2) is 119 Å². The summed E-state index contributed by atoms with van der Waals surface area (Å²) < 4.78 is 432. The number of rotatable bonds is 24. The first kappa shape index (κ1) is 60.3. The molecular weight excluding hydrogens is 1040 g/mol. The van der Waals surface area contributed by atoms with Crippen LogP contribution in [0.5, 0.6) is 0 Å². The van der Waals surface area contributed by atoms with E-state index in [4.69, 9.17) is 0 Å². The van der Waals surface area contributed by atoms with Crippen LogP contribution in [0.2, 0.25) is 0 Å². The predicted octanol–water partition coefficient (Wildman–Crippen LogP) is 11.7. The molecule has 0 aromatic heterocycles. The minimum atomic E-state index is -8.88. The lowest BCUT2D eigenvalue weighted by Gasteiger charge is -2.42. The molecule has 0 aromatic carbocycles. The van der Waals surface area contributed by atoms with Crippen LogP contribution in [0, 0.1) is 0 Å². The number of carbonyl (C=O) groups excluding carboxylic acids is 2. The third kappa shape index (κ3) is 8.97. The molecular formula is C25H16Cl2F32N2O2. The Morgan fingerprint density at radius 1 is 0.270 bits per heavy atom. The topological polar surface area (TPSA) is 58.2 Å². The third-order valence-corrected chi connectivity index (χ3v) is 8.41. The van der Waals surface area contributed by atoms with Crippen LogP contribution < -0.4 is 10.6 Å². The van der Waals surface area contributed by atoms with Crippen LogP contribution >= 0.6 is 23.2 Å². The fourth-order valence-corrected chi connectivity index (χ4v) is 4.26. The summed E-state index contributed by atoms with van der Waals surface area (Å²) in [6.45, 7) is -3.04. The lowest BCUT2D eigenvalue weighted by molar-refractivity contribution is -0.446. The van der Waals surface area contributed by atoms with Crippen LogP contribution in [0.1, 0.15) is 32.1 Å². The highest BCUT2D eigenvalue weighted by Gasteiger charge is 2.97. The molecule has 0 aliphatic carbocycles. The van der Waals surface area contributed by atoms with E-state index in [0.29, 0.717) is 10.6 Å². The summed E-state index contributed by atoms with van der Waals surface area (Å²) in [5.41, 5.74) is 0. The number of amides is 2. The molecule has 0 radical (unpaired) electrons. The molecule has 2 amide bonds. The van der Waals surface area contributed by atoms with E-state index in [1.807, 2.05) is 0 Å². The van der Waals surface area contributed by atoms with Gasteiger partial charge in [0.2, 0.25) is 0 Å². The largest absolute Gasteiger partial charge is 0.393 e. The molecule has 0 aromatic rings. The number of alkyl halides is 34. The van der Waals surface area contributed by atoms with Gasteiger partial charge in [-0.15, -0.1) is 0 Å². The molecule has 4 nitrogen and oxygen atoms in total. The predicted molar refractivity (Wildman–Crippen MR) is 140 cm³/mol. The van der Waals surface area contributed by atoms with Crippen LogP contribution in [0.4, 0.5) is 140 Å². The Morgan fingerprint density at radius 2 is 0.429 bits per heavy atom. The number of unbranched alkanes of at least 4 members (excludes halogenated alkanes) is 4. The van der Waals surface area contributed by atoms with Crippen molar-refractivity contribution in [2.45, 2.75) is 126 Å². The van der Waals surface area contributed by atoms with Crippen molar-refractivity contribution >= 4 is 35.0 Å². The Bertz CT molecular complexity index is 1500. The van der Waals surface area contributed by atoms with Crippen LogP contribution in [-0.2, 0) is 9.59 Å². The van der Waals surface area contributed by atoms with Gasteiger partial charge in [-0.05, 0) is 36.0 Å². The summed E-state index contributed by atoms with van der Waals surface area (Å²) in [5, 5.41) is -13.0. The van der Waals surface area contributed by atoms with Gasteiger partial charge in [-0.25, -0.2) is 0 Å². The van der Waals surface area contributed by atoms with E-state index in [2.05, 4.69) is 23.2 Å². The maximum absolute atomic E-state index is 13.9. The Morgan fingerprint density at radius 3 is 0.619 bits per heavy atom. The van der Waals surface area contributed by atoms with Gasteiger partial charge in [0, 0.05) is 13.1 Å². The van der Waals surface area contributed by atoms with E-state index < -0.39 is 151 Å². The van der Waals surface area contributed by atoms with Crippen molar-refractivity contribution in [2.24, 2.45) is 0 Å². The molecule has 376 valence electrons. The zero-order valence-corrected chi connectivity index (χ0v) is 30.1. The Hall–Kier alpha value is -2.72. The van der Waals surface area contributed by atoms with Crippen molar-refractivity contribution in [3.8, 4) is 0 Å². The molecule has 0 atom stereocenters. The SMILES string of the molecule is O=C(NCCCCCCCNC(=O)C(F)(F)C(F)(F)C(F)(F)C(F)(F)C(F)(F)C(F)(F)C(F)(F)C(F)(F)Cl)C(F)(F)C(F)(F)C(F)(F)C(F)(F)C(F)(F)C(F)(F)C(F)(F)C(F)(F)Cl. The third-order valence-electron chi connectivity index (χ3n) is 7.94. The summed E-state index contributed by atoms with van der Waals surface area (Å²) >= 11 is 6.74. The average Bonchev–Trinajstić information content (AvgIpc) is 3.08. The highest BCUT2D eigenvalue weighted by molar-refractivity contribution is 6.22. The van der Waals surface area contributed by atoms with Gasteiger partial charge < -0.3 is 10.6 Å². The van der Waals surface area contributed by atoms with Gasteiger partial charge in [0.25, 0.3) is 11.8 Å². The molecule has 0 aliphatic rings. The molecule has 0 fully saturated rings.